The number of thiophene rings is 1. The minimum atomic E-state index is -0.250. The molecular weight excluding hydrogens is 350 g/mol. The Kier molecular flexibility index (Phi) is 4.40. The van der Waals surface area contributed by atoms with Gasteiger partial charge >= 0.3 is 0 Å². The highest BCUT2D eigenvalue weighted by molar-refractivity contribution is 7.18. The number of furan rings is 1. The number of aromatic nitrogens is 2. The van der Waals surface area contributed by atoms with Crippen molar-refractivity contribution >= 4 is 27.5 Å². The normalized spacial score (nSPS) is 17.8. The molecule has 136 valence electrons. The zero-order valence-corrected chi connectivity index (χ0v) is 15.6. The molecule has 7 heteroatoms. The van der Waals surface area contributed by atoms with E-state index < -0.39 is 0 Å². The van der Waals surface area contributed by atoms with Gasteiger partial charge in [0, 0.05) is 4.88 Å². The molecule has 0 aromatic carbocycles. The maximum Gasteiger partial charge on any atom is 0.262 e. The van der Waals surface area contributed by atoms with Crippen LogP contribution in [-0.4, -0.2) is 15.5 Å². The Morgan fingerprint density at radius 2 is 2.38 bits per heavy atom. The Morgan fingerprint density at radius 3 is 3.15 bits per heavy atom. The molecule has 0 radical (unpaired) electrons. The van der Waals surface area contributed by atoms with Crippen LogP contribution in [0.25, 0.3) is 10.2 Å². The van der Waals surface area contributed by atoms with E-state index >= 15 is 0 Å². The SMILES string of the molecule is C[C@@H]1CCc2c(sc3ncn(CC(=O)N[C@@H](C)c4ccco4)c(=O)c23)C1. The summed E-state index contributed by atoms with van der Waals surface area (Å²) in [7, 11) is 0. The lowest BCUT2D eigenvalue weighted by molar-refractivity contribution is -0.122. The van der Waals surface area contributed by atoms with Crippen LogP contribution in [0.1, 0.15) is 42.5 Å². The maximum absolute atomic E-state index is 12.9. The molecule has 0 bridgehead atoms. The summed E-state index contributed by atoms with van der Waals surface area (Å²) in [6.45, 7) is 4.04. The number of rotatable bonds is 4. The molecular formula is C19H21N3O3S. The molecule has 26 heavy (non-hydrogen) atoms. The Balaban J connectivity index is 1.58. The molecule has 3 aromatic rings. The number of carbonyl (C=O) groups excluding carboxylic acids is 1. The Morgan fingerprint density at radius 1 is 1.54 bits per heavy atom. The van der Waals surface area contributed by atoms with Gasteiger partial charge in [0.15, 0.2) is 0 Å². The van der Waals surface area contributed by atoms with Crippen LogP contribution in [0.3, 0.4) is 0 Å². The lowest BCUT2D eigenvalue weighted by Crippen LogP contribution is -2.34. The quantitative estimate of drug-likeness (QED) is 0.765. The first-order chi connectivity index (χ1) is 12.5. The van der Waals surface area contributed by atoms with Crippen molar-refractivity contribution in [2.45, 2.75) is 45.7 Å². The fraction of sp³-hybridized carbons (Fsp3) is 0.421. The minimum Gasteiger partial charge on any atom is -0.467 e. The van der Waals surface area contributed by atoms with Crippen LogP contribution in [0, 0.1) is 5.92 Å². The van der Waals surface area contributed by atoms with Crippen molar-refractivity contribution in [2.24, 2.45) is 5.92 Å². The molecule has 1 aliphatic carbocycles. The van der Waals surface area contributed by atoms with Gasteiger partial charge in [0.05, 0.1) is 24.0 Å². The summed E-state index contributed by atoms with van der Waals surface area (Å²) < 4.78 is 6.69. The average molecular weight is 371 g/mol. The van der Waals surface area contributed by atoms with Gasteiger partial charge in [0.25, 0.3) is 5.56 Å². The van der Waals surface area contributed by atoms with E-state index in [1.165, 1.54) is 15.8 Å². The summed E-state index contributed by atoms with van der Waals surface area (Å²) in [5.41, 5.74) is 1.02. The number of hydrogen-bond acceptors (Lipinski definition) is 5. The van der Waals surface area contributed by atoms with E-state index in [4.69, 9.17) is 4.42 Å². The van der Waals surface area contributed by atoms with Crippen molar-refractivity contribution < 1.29 is 9.21 Å². The molecule has 1 amide bonds. The summed E-state index contributed by atoms with van der Waals surface area (Å²) in [5.74, 6) is 1.09. The van der Waals surface area contributed by atoms with Gasteiger partial charge in [-0.05, 0) is 49.8 Å². The molecule has 0 spiro atoms. The van der Waals surface area contributed by atoms with E-state index in [-0.39, 0.29) is 24.1 Å². The van der Waals surface area contributed by atoms with Gasteiger partial charge in [-0.2, -0.15) is 0 Å². The molecule has 0 saturated carbocycles. The first kappa shape index (κ1) is 17.0. The molecule has 3 heterocycles. The van der Waals surface area contributed by atoms with Crippen molar-refractivity contribution in [3.8, 4) is 0 Å². The lowest BCUT2D eigenvalue weighted by Gasteiger charge is -2.17. The summed E-state index contributed by atoms with van der Waals surface area (Å²) in [4.78, 5) is 31.8. The van der Waals surface area contributed by atoms with Crippen LogP contribution in [0.15, 0.2) is 33.9 Å². The van der Waals surface area contributed by atoms with Gasteiger partial charge in [-0.1, -0.05) is 6.92 Å². The Hall–Kier alpha value is -2.41. The van der Waals surface area contributed by atoms with Gasteiger partial charge in [-0.15, -0.1) is 11.3 Å². The molecule has 0 saturated heterocycles. The lowest BCUT2D eigenvalue weighted by atomic mass is 9.89. The molecule has 1 N–H and O–H groups in total. The van der Waals surface area contributed by atoms with Crippen molar-refractivity contribution in [3.05, 3.63) is 51.3 Å². The van der Waals surface area contributed by atoms with Gasteiger partial charge in [-0.25, -0.2) is 4.98 Å². The summed E-state index contributed by atoms with van der Waals surface area (Å²) in [5, 5.41) is 3.55. The molecule has 0 fully saturated rings. The van der Waals surface area contributed by atoms with Crippen LogP contribution >= 0.6 is 11.3 Å². The van der Waals surface area contributed by atoms with Gasteiger partial charge in [-0.3, -0.25) is 14.2 Å². The third-order valence-electron chi connectivity index (χ3n) is 4.94. The number of nitrogens with zero attached hydrogens (tertiary/aromatic N) is 2. The predicted molar refractivity (Wildman–Crippen MR) is 100 cm³/mol. The Bertz CT molecular complexity index is 1000. The van der Waals surface area contributed by atoms with Crippen LogP contribution < -0.4 is 10.9 Å². The molecule has 0 aliphatic heterocycles. The van der Waals surface area contributed by atoms with E-state index in [2.05, 4.69) is 17.2 Å². The third kappa shape index (κ3) is 3.07. The van der Waals surface area contributed by atoms with Gasteiger partial charge in [0.2, 0.25) is 5.91 Å². The zero-order valence-electron chi connectivity index (χ0n) is 14.8. The third-order valence-corrected chi connectivity index (χ3v) is 6.11. The molecule has 6 nitrogen and oxygen atoms in total. The van der Waals surface area contributed by atoms with Crippen molar-refractivity contribution in [1.29, 1.82) is 0 Å². The van der Waals surface area contributed by atoms with Crippen molar-refractivity contribution in [1.82, 2.24) is 14.9 Å². The Labute approximate surface area is 154 Å². The molecule has 3 aromatic heterocycles. The standard InChI is InChI=1S/C19H21N3O3S/c1-11-5-6-13-15(8-11)26-18-17(13)19(24)22(10-20-18)9-16(23)21-12(2)14-4-3-7-25-14/h3-4,7,10-12H,5-6,8-9H2,1-2H3,(H,21,23)/t11-,12+/m1/s1. The second-order valence-electron chi connectivity index (χ2n) is 7.01. The summed E-state index contributed by atoms with van der Waals surface area (Å²) in [6.07, 6.45) is 6.07. The minimum absolute atomic E-state index is 0.0478. The number of nitrogens with one attached hydrogen (secondary N) is 1. The second kappa shape index (κ2) is 6.72. The van der Waals surface area contributed by atoms with Crippen molar-refractivity contribution in [3.63, 3.8) is 0 Å². The fourth-order valence-electron chi connectivity index (χ4n) is 3.53. The largest absolute Gasteiger partial charge is 0.467 e. The molecule has 0 unspecified atom stereocenters. The summed E-state index contributed by atoms with van der Waals surface area (Å²) >= 11 is 1.62. The number of amides is 1. The first-order valence-corrected chi connectivity index (χ1v) is 9.67. The van der Waals surface area contributed by atoms with E-state index in [1.54, 1.807) is 23.7 Å². The monoisotopic (exact) mass is 371 g/mol. The number of hydrogen-bond donors (Lipinski definition) is 1. The fourth-order valence-corrected chi connectivity index (χ4v) is 4.87. The van der Waals surface area contributed by atoms with E-state index in [0.29, 0.717) is 17.1 Å². The smallest absolute Gasteiger partial charge is 0.262 e. The van der Waals surface area contributed by atoms with Crippen LogP contribution in [0.2, 0.25) is 0 Å². The van der Waals surface area contributed by atoms with Crippen LogP contribution in [-0.2, 0) is 24.2 Å². The predicted octanol–water partition coefficient (Wildman–Crippen LogP) is 3.05. The number of fused-ring (bicyclic) bond motifs is 3. The van der Waals surface area contributed by atoms with Gasteiger partial charge < -0.3 is 9.73 Å². The topological polar surface area (TPSA) is 77.1 Å². The number of carbonyl (C=O) groups is 1. The van der Waals surface area contributed by atoms with E-state index in [1.807, 2.05) is 13.0 Å². The molecule has 2 atom stereocenters. The highest BCUT2D eigenvalue weighted by Gasteiger charge is 2.23. The summed E-state index contributed by atoms with van der Waals surface area (Å²) in [6, 6.07) is 3.34. The van der Waals surface area contributed by atoms with Crippen LogP contribution in [0.5, 0.6) is 0 Å². The molecule has 1 aliphatic rings. The zero-order chi connectivity index (χ0) is 18.3. The number of aryl methyl sites for hydroxylation is 1. The average Bonchev–Trinajstić information content (AvgIpc) is 3.24. The van der Waals surface area contributed by atoms with Crippen molar-refractivity contribution in [2.75, 3.05) is 0 Å². The van der Waals surface area contributed by atoms with E-state index in [0.717, 1.165) is 29.7 Å². The van der Waals surface area contributed by atoms with Crippen LogP contribution in [0.4, 0.5) is 0 Å². The van der Waals surface area contributed by atoms with Gasteiger partial charge in [0.1, 0.15) is 17.1 Å². The molecule has 4 rings (SSSR count). The van der Waals surface area contributed by atoms with E-state index in [9.17, 15) is 9.59 Å². The highest BCUT2D eigenvalue weighted by atomic mass is 32.1. The first-order valence-electron chi connectivity index (χ1n) is 8.85. The second-order valence-corrected chi connectivity index (χ2v) is 8.10. The highest BCUT2D eigenvalue weighted by Crippen LogP contribution is 2.35. The maximum atomic E-state index is 12.9.